The second-order valence-electron chi connectivity index (χ2n) is 5.23. The molecule has 0 fully saturated rings. The highest BCUT2D eigenvalue weighted by Crippen LogP contribution is 2.23. The standard InChI is InChI=1S/C16H22N4O2S/c1-5-11(2)17-15(21)10-23-16-19-18-12(3)20(16)13-6-8-14(22-4)9-7-13/h6-9,11H,5,10H2,1-4H3,(H,17,21)/t11-/m0/s1. The molecule has 1 atom stereocenters. The first kappa shape index (κ1) is 17.3. The Labute approximate surface area is 140 Å². The molecule has 124 valence electrons. The Morgan fingerprint density at radius 3 is 2.65 bits per heavy atom. The van der Waals surface area contributed by atoms with Gasteiger partial charge >= 0.3 is 0 Å². The lowest BCUT2D eigenvalue weighted by Crippen LogP contribution is -2.33. The highest BCUT2D eigenvalue weighted by Gasteiger charge is 2.14. The second kappa shape index (κ2) is 8.01. The molecule has 7 heteroatoms. The van der Waals surface area contributed by atoms with Gasteiger partial charge in [-0.15, -0.1) is 10.2 Å². The summed E-state index contributed by atoms with van der Waals surface area (Å²) in [6, 6.07) is 7.85. The quantitative estimate of drug-likeness (QED) is 0.788. The maximum Gasteiger partial charge on any atom is 0.230 e. The van der Waals surface area contributed by atoms with Gasteiger partial charge < -0.3 is 10.1 Å². The topological polar surface area (TPSA) is 69.0 Å². The molecule has 1 N–H and O–H groups in total. The first-order valence-electron chi connectivity index (χ1n) is 7.53. The first-order valence-corrected chi connectivity index (χ1v) is 8.52. The fourth-order valence-electron chi connectivity index (χ4n) is 2.01. The van der Waals surface area contributed by atoms with Crippen molar-refractivity contribution in [1.82, 2.24) is 20.1 Å². The highest BCUT2D eigenvalue weighted by molar-refractivity contribution is 7.99. The van der Waals surface area contributed by atoms with Crippen LogP contribution in [0, 0.1) is 6.92 Å². The van der Waals surface area contributed by atoms with E-state index >= 15 is 0 Å². The summed E-state index contributed by atoms with van der Waals surface area (Å²) < 4.78 is 7.11. The fourth-order valence-corrected chi connectivity index (χ4v) is 2.82. The van der Waals surface area contributed by atoms with E-state index in [0.29, 0.717) is 10.9 Å². The Balaban J connectivity index is 2.10. The molecule has 0 bridgehead atoms. The average Bonchev–Trinajstić information content (AvgIpc) is 2.93. The van der Waals surface area contributed by atoms with Crippen LogP contribution >= 0.6 is 11.8 Å². The van der Waals surface area contributed by atoms with E-state index in [2.05, 4.69) is 15.5 Å². The normalized spacial score (nSPS) is 12.0. The van der Waals surface area contributed by atoms with Gasteiger partial charge in [0.1, 0.15) is 11.6 Å². The van der Waals surface area contributed by atoms with Crippen LogP contribution in [0.2, 0.25) is 0 Å². The van der Waals surface area contributed by atoms with Crippen molar-refractivity contribution >= 4 is 17.7 Å². The minimum atomic E-state index is 0.00582. The van der Waals surface area contributed by atoms with E-state index in [9.17, 15) is 4.79 Å². The van der Waals surface area contributed by atoms with Gasteiger partial charge in [-0.25, -0.2) is 0 Å². The van der Waals surface area contributed by atoms with Crippen molar-refractivity contribution in [2.75, 3.05) is 12.9 Å². The van der Waals surface area contributed by atoms with Crippen molar-refractivity contribution in [3.8, 4) is 11.4 Å². The largest absolute Gasteiger partial charge is 0.497 e. The molecular weight excluding hydrogens is 312 g/mol. The van der Waals surface area contributed by atoms with Crippen LogP contribution in [0.25, 0.3) is 5.69 Å². The number of methoxy groups -OCH3 is 1. The third-order valence-electron chi connectivity index (χ3n) is 3.48. The van der Waals surface area contributed by atoms with E-state index in [-0.39, 0.29) is 11.9 Å². The Bertz CT molecular complexity index is 655. The molecule has 0 aliphatic carbocycles. The average molecular weight is 334 g/mol. The molecule has 23 heavy (non-hydrogen) atoms. The van der Waals surface area contributed by atoms with Crippen molar-refractivity contribution in [2.24, 2.45) is 0 Å². The SMILES string of the molecule is CC[C@H](C)NC(=O)CSc1nnc(C)n1-c1ccc(OC)cc1. The highest BCUT2D eigenvalue weighted by atomic mass is 32.2. The van der Waals surface area contributed by atoms with Crippen LogP contribution in [0.15, 0.2) is 29.4 Å². The fraction of sp³-hybridized carbons (Fsp3) is 0.438. The van der Waals surface area contributed by atoms with Gasteiger partial charge in [0.2, 0.25) is 5.91 Å². The molecule has 2 aromatic rings. The number of hydrogen-bond acceptors (Lipinski definition) is 5. The van der Waals surface area contributed by atoms with Crippen LogP contribution in [-0.4, -0.2) is 39.6 Å². The van der Waals surface area contributed by atoms with Crippen LogP contribution < -0.4 is 10.1 Å². The number of aryl methyl sites for hydroxylation is 1. The number of ether oxygens (including phenoxy) is 1. The Morgan fingerprint density at radius 1 is 1.35 bits per heavy atom. The van der Waals surface area contributed by atoms with Gasteiger partial charge in [-0.05, 0) is 44.5 Å². The van der Waals surface area contributed by atoms with Crippen LogP contribution in [-0.2, 0) is 4.79 Å². The molecule has 0 aliphatic heterocycles. The zero-order valence-electron chi connectivity index (χ0n) is 13.9. The molecule has 0 saturated heterocycles. The number of hydrogen-bond donors (Lipinski definition) is 1. The van der Waals surface area contributed by atoms with Crippen molar-refractivity contribution < 1.29 is 9.53 Å². The molecular formula is C16H22N4O2S. The predicted molar refractivity (Wildman–Crippen MR) is 91.3 cm³/mol. The molecule has 0 unspecified atom stereocenters. The number of carbonyl (C=O) groups excluding carboxylic acids is 1. The minimum Gasteiger partial charge on any atom is -0.497 e. The molecule has 0 radical (unpaired) electrons. The number of amides is 1. The lowest BCUT2D eigenvalue weighted by atomic mass is 10.3. The number of thioether (sulfide) groups is 1. The van der Waals surface area contributed by atoms with Crippen LogP contribution in [0.4, 0.5) is 0 Å². The van der Waals surface area contributed by atoms with E-state index in [1.807, 2.05) is 49.6 Å². The number of carbonyl (C=O) groups is 1. The Kier molecular flexibility index (Phi) is 6.04. The minimum absolute atomic E-state index is 0.00582. The third kappa shape index (κ3) is 4.48. The lowest BCUT2D eigenvalue weighted by Gasteiger charge is -2.12. The van der Waals surface area contributed by atoms with Crippen molar-refractivity contribution in [3.63, 3.8) is 0 Å². The lowest BCUT2D eigenvalue weighted by molar-refractivity contribution is -0.119. The van der Waals surface area contributed by atoms with Gasteiger partial charge in [-0.2, -0.15) is 0 Å². The smallest absolute Gasteiger partial charge is 0.230 e. The second-order valence-corrected chi connectivity index (χ2v) is 6.17. The molecule has 2 rings (SSSR count). The monoisotopic (exact) mass is 334 g/mol. The van der Waals surface area contributed by atoms with Gasteiger partial charge in [0.15, 0.2) is 5.16 Å². The molecule has 6 nitrogen and oxygen atoms in total. The number of nitrogens with zero attached hydrogens (tertiary/aromatic N) is 3. The molecule has 1 heterocycles. The summed E-state index contributed by atoms with van der Waals surface area (Å²) >= 11 is 1.38. The zero-order valence-corrected chi connectivity index (χ0v) is 14.7. The van der Waals surface area contributed by atoms with Gasteiger partial charge in [-0.3, -0.25) is 9.36 Å². The van der Waals surface area contributed by atoms with E-state index in [1.165, 1.54) is 11.8 Å². The van der Waals surface area contributed by atoms with E-state index in [1.54, 1.807) is 7.11 Å². The van der Waals surface area contributed by atoms with Gasteiger partial charge in [0.05, 0.1) is 12.9 Å². The number of aromatic nitrogens is 3. The Hall–Kier alpha value is -2.02. The molecule has 1 amide bonds. The van der Waals surface area contributed by atoms with E-state index in [4.69, 9.17) is 4.74 Å². The number of nitrogens with one attached hydrogen (secondary N) is 1. The van der Waals surface area contributed by atoms with E-state index in [0.717, 1.165) is 23.7 Å². The maximum absolute atomic E-state index is 11.9. The summed E-state index contributed by atoms with van der Waals surface area (Å²) in [6.45, 7) is 5.93. The summed E-state index contributed by atoms with van der Waals surface area (Å²) in [7, 11) is 1.64. The molecule has 0 aliphatic rings. The molecule has 0 saturated carbocycles. The van der Waals surface area contributed by atoms with Crippen molar-refractivity contribution in [2.45, 2.75) is 38.4 Å². The first-order chi connectivity index (χ1) is 11.0. The van der Waals surface area contributed by atoms with Crippen LogP contribution in [0.1, 0.15) is 26.1 Å². The summed E-state index contributed by atoms with van der Waals surface area (Å²) in [5.41, 5.74) is 0.943. The van der Waals surface area contributed by atoms with Crippen molar-refractivity contribution in [1.29, 1.82) is 0 Å². The van der Waals surface area contributed by atoms with Gasteiger partial charge in [-0.1, -0.05) is 18.7 Å². The summed E-state index contributed by atoms with van der Waals surface area (Å²) in [5, 5.41) is 11.9. The van der Waals surface area contributed by atoms with Gasteiger partial charge in [0.25, 0.3) is 0 Å². The summed E-state index contributed by atoms with van der Waals surface area (Å²) in [5.74, 6) is 1.89. The third-order valence-corrected chi connectivity index (χ3v) is 4.41. The van der Waals surface area contributed by atoms with Crippen LogP contribution in [0.3, 0.4) is 0 Å². The molecule has 1 aromatic heterocycles. The summed E-state index contributed by atoms with van der Waals surface area (Å²) in [4.78, 5) is 11.9. The molecule has 0 spiro atoms. The number of benzene rings is 1. The van der Waals surface area contributed by atoms with Crippen molar-refractivity contribution in [3.05, 3.63) is 30.1 Å². The predicted octanol–water partition coefficient (Wildman–Crippen LogP) is 2.59. The Morgan fingerprint density at radius 2 is 2.04 bits per heavy atom. The van der Waals surface area contributed by atoms with E-state index < -0.39 is 0 Å². The van der Waals surface area contributed by atoms with Gasteiger partial charge in [0, 0.05) is 11.7 Å². The maximum atomic E-state index is 11.9. The molecule has 1 aromatic carbocycles. The number of rotatable bonds is 7. The summed E-state index contributed by atoms with van der Waals surface area (Å²) in [6.07, 6.45) is 0.914. The zero-order chi connectivity index (χ0) is 16.8. The van der Waals surface area contributed by atoms with Crippen LogP contribution in [0.5, 0.6) is 5.75 Å².